The quantitative estimate of drug-likeness (QED) is 0.0262. The molecule has 0 heterocycles. The first kappa shape index (κ1) is 61.1. The van der Waals surface area contributed by atoms with Crippen molar-refractivity contribution in [3.05, 3.63) is 109 Å². The van der Waals surface area contributed by atoms with E-state index in [1.165, 1.54) is 77.0 Å². The topological polar surface area (TPSA) is 78.9 Å². The molecule has 0 rings (SSSR count). The van der Waals surface area contributed by atoms with Crippen LogP contribution in [0, 0.1) is 0 Å². The van der Waals surface area contributed by atoms with Crippen molar-refractivity contribution in [3.63, 3.8) is 0 Å². The van der Waals surface area contributed by atoms with Gasteiger partial charge in [0.15, 0.2) is 6.10 Å². The highest BCUT2D eigenvalue weighted by Crippen LogP contribution is 2.14. The van der Waals surface area contributed by atoms with Crippen LogP contribution in [0.1, 0.15) is 226 Å². The number of unbranched alkanes of at least 4 members (excludes halogenated alkanes) is 24. The molecule has 0 aliphatic carbocycles. The van der Waals surface area contributed by atoms with Crippen LogP contribution in [-0.2, 0) is 28.6 Å². The van der Waals surface area contributed by atoms with Gasteiger partial charge in [0.25, 0.3) is 0 Å². The molecule has 0 fully saturated rings. The first-order chi connectivity index (χ1) is 32.0. The minimum absolute atomic E-state index is 0.0969. The van der Waals surface area contributed by atoms with Gasteiger partial charge >= 0.3 is 17.9 Å². The van der Waals surface area contributed by atoms with E-state index in [1.54, 1.807) is 0 Å². The van der Waals surface area contributed by atoms with E-state index in [9.17, 15) is 14.4 Å². The maximum atomic E-state index is 12.8. The lowest BCUT2D eigenvalue weighted by atomic mass is 10.1. The summed E-state index contributed by atoms with van der Waals surface area (Å²) in [6.07, 6.45) is 70.6. The van der Waals surface area contributed by atoms with Crippen molar-refractivity contribution in [3.8, 4) is 0 Å². The number of esters is 3. The molecule has 0 saturated carbocycles. The Kier molecular flexibility index (Phi) is 49.5. The molecule has 368 valence electrons. The lowest BCUT2D eigenvalue weighted by Crippen LogP contribution is -2.30. The first-order valence-electron chi connectivity index (χ1n) is 26.5. The van der Waals surface area contributed by atoms with Gasteiger partial charge in [0.2, 0.25) is 0 Å². The molecule has 6 heteroatoms. The Morgan fingerprint density at radius 1 is 0.308 bits per heavy atom. The highest BCUT2D eigenvalue weighted by Gasteiger charge is 2.19. The molecule has 6 nitrogen and oxygen atoms in total. The van der Waals surface area contributed by atoms with Crippen LogP contribution >= 0.6 is 0 Å². The number of carbonyl (C=O) groups is 3. The number of allylic oxidation sites excluding steroid dienone is 18. The SMILES string of the molecule is CCC\C=C/C=C\C=C/C=C\C=C/CCCCCCCC(=O)OCC(COC(=O)CCCCCCCCCCCCC)OC(=O)CCCCCCC\C=C/C=C\C=C/C=C\CCCCC. The maximum absolute atomic E-state index is 12.8. The highest BCUT2D eigenvalue weighted by atomic mass is 16.6. The zero-order chi connectivity index (χ0) is 47.2. The average Bonchev–Trinajstić information content (AvgIpc) is 3.30. The number of hydrogen-bond acceptors (Lipinski definition) is 6. The molecule has 0 aromatic rings. The summed E-state index contributed by atoms with van der Waals surface area (Å²) in [5.74, 6) is -0.950. The van der Waals surface area contributed by atoms with Crippen LogP contribution in [0.5, 0.6) is 0 Å². The lowest BCUT2D eigenvalue weighted by molar-refractivity contribution is -0.167. The molecule has 1 unspecified atom stereocenters. The summed E-state index contributed by atoms with van der Waals surface area (Å²) in [5, 5.41) is 0. The van der Waals surface area contributed by atoms with E-state index < -0.39 is 6.10 Å². The number of carbonyl (C=O) groups excluding carboxylic acids is 3. The monoisotopic (exact) mass is 901 g/mol. The molecule has 0 spiro atoms. The Morgan fingerprint density at radius 3 is 0.954 bits per heavy atom. The van der Waals surface area contributed by atoms with Crippen molar-refractivity contribution in [2.24, 2.45) is 0 Å². The molecule has 0 amide bonds. The first-order valence-corrected chi connectivity index (χ1v) is 26.5. The van der Waals surface area contributed by atoms with Crippen LogP contribution in [-0.4, -0.2) is 37.2 Å². The standard InChI is InChI=1S/C59H96O6/c1-4-7-10-13-16-19-22-24-26-28-30-32-34-37-40-43-46-49-52-58(61)64-55-56(54-63-57(60)51-48-45-42-39-36-21-18-15-12-9-6-3)65-59(62)53-50-47-44-41-38-35-33-31-29-27-25-23-20-17-14-11-8-5-2/h10,13,16-17,19-20,22-33,56H,4-9,11-12,14-15,18,21,34-55H2,1-3H3/b13-10-,19-16-,20-17-,24-22-,25-23-,28-26-,29-27-,32-30-,33-31-. The minimum Gasteiger partial charge on any atom is -0.462 e. The molecule has 1 atom stereocenters. The fourth-order valence-corrected chi connectivity index (χ4v) is 6.95. The van der Waals surface area contributed by atoms with Crippen LogP contribution in [0.2, 0.25) is 0 Å². The van der Waals surface area contributed by atoms with Gasteiger partial charge in [0.05, 0.1) is 0 Å². The number of hydrogen-bond donors (Lipinski definition) is 0. The van der Waals surface area contributed by atoms with Gasteiger partial charge < -0.3 is 14.2 Å². The Morgan fingerprint density at radius 2 is 0.585 bits per heavy atom. The van der Waals surface area contributed by atoms with E-state index in [1.807, 2.05) is 24.3 Å². The summed E-state index contributed by atoms with van der Waals surface area (Å²) in [7, 11) is 0. The van der Waals surface area contributed by atoms with E-state index >= 15 is 0 Å². The Labute approximate surface area is 400 Å². The van der Waals surface area contributed by atoms with E-state index in [4.69, 9.17) is 14.2 Å². The van der Waals surface area contributed by atoms with Crippen molar-refractivity contribution in [2.75, 3.05) is 13.2 Å². The van der Waals surface area contributed by atoms with Crippen molar-refractivity contribution < 1.29 is 28.6 Å². The molecule has 0 aliphatic rings. The summed E-state index contributed by atoms with van der Waals surface area (Å²) >= 11 is 0. The summed E-state index contributed by atoms with van der Waals surface area (Å²) in [6.45, 7) is 6.45. The molecular formula is C59H96O6. The van der Waals surface area contributed by atoms with E-state index in [2.05, 4.69) is 106 Å². The van der Waals surface area contributed by atoms with E-state index in [0.29, 0.717) is 19.3 Å². The molecule has 0 aromatic heterocycles. The fraction of sp³-hybridized carbons (Fsp3) is 0.644. The molecular weight excluding hydrogens is 805 g/mol. The molecule has 65 heavy (non-hydrogen) atoms. The second kappa shape index (κ2) is 52.7. The lowest BCUT2D eigenvalue weighted by Gasteiger charge is -2.18. The summed E-state index contributed by atoms with van der Waals surface area (Å²) in [6, 6.07) is 0. The van der Waals surface area contributed by atoms with Crippen LogP contribution < -0.4 is 0 Å². The second-order valence-corrected chi connectivity index (χ2v) is 17.3. The van der Waals surface area contributed by atoms with Crippen molar-refractivity contribution in [1.29, 1.82) is 0 Å². The smallest absolute Gasteiger partial charge is 0.306 e. The Balaban J connectivity index is 4.49. The third-order valence-electron chi connectivity index (χ3n) is 11.0. The molecule has 0 aliphatic heterocycles. The van der Waals surface area contributed by atoms with Gasteiger partial charge in [-0.25, -0.2) is 0 Å². The van der Waals surface area contributed by atoms with Gasteiger partial charge in [-0.3, -0.25) is 14.4 Å². The van der Waals surface area contributed by atoms with Crippen LogP contribution in [0.15, 0.2) is 109 Å². The third-order valence-corrected chi connectivity index (χ3v) is 11.0. The van der Waals surface area contributed by atoms with Crippen molar-refractivity contribution in [1.82, 2.24) is 0 Å². The van der Waals surface area contributed by atoms with Gasteiger partial charge in [0, 0.05) is 19.3 Å². The van der Waals surface area contributed by atoms with Gasteiger partial charge in [-0.15, -0.1) is 0 Å². The highest BCUT2D eigenvalue weighted by molar-refractivity contribution is 5.71. The second-order valence-electron chi connectivity index (χ2n) is 17.3. The molecule has 0 saturated heterocycles. The summed E-state index contributed by atoms with van der Waals surface area (Å²) in [5.41, 5.74) is 0. The summed E-state index contributed by atoms with van der Waals surface area (Å²) < 4.78 is 16.8. The van der Waals surface area contributed by atoms with Crippen molar-refractivity contribution >= 4 is 17.9 Å². The van der Waals surface area contributed by atoms with E-state index in [0.717, 1.165) is 109 Å². The van der Waals surface area contributed by atoms with Gasteiger partial charge in [-0.05, 0) is 64.2 Å². The predicted molar refractivity (Wildman–Crippen MR) is 279 cm³/mol. The van der Waals surface area contributed by atoms with Crippen LogP contribution in [0.3, 0.4) is 0 Å². The maximum Gasteiger partial charge on any atom is 0.306 e. The minimum atomic E-state index is -0.801. The Hall–Kier alpha value is -3.93. The third kappa shape index (κ3) is 50.9. The van der Waals surface area contributed by atoms with Crippen LogP contribution in [0.25, 0.3) is 0 Å². The molecule has 0 bridgehead atoms. The number of rotatable bonds is 46. The fourth-order valence-electron chi connectivity index (χ4n) is 6.95. The zero-order valence-corrected chi connectivity index (χ0v) is 42.0. The Bertz CT molecular complexity index is 1360. The largest absolute Gasteiger partial charge is 0.462 e. The van der Waals surface area contributed by atoms with E-state index in [-0.39, 0.29) is 31.1 Å². The molecule has 0 N–H and O–H groups in total. The average molecular weight is 901 g/mol. The van der Waals surface area contributed by atoms with Gasteiger partial charge in [-0.1, -0.05) is 252 Å². The van der Waals surface area contributed by atoms with Gasteiger partial charge in [-0.2, -0.15) is 0 Å². The van der Waals surface area contributed by atoms with Crippen molar-refractivity contribution in [2.45, 2.75) is 232 Å². The zero-order valence-electron chi connectivity index (χ0n) is 42.0. The normalized spacial score (nSPS) is 13.0. The molecule has 0 aromatic carbocycles. The molecule has 0 radical (unpaired) electrons. The summed E-state index contributed by atoms with van der Waals surface area (Å²) in [4.78, 5) is 38.0. The van der Waals surface area contributed by atoms with Crippen LogP contribution in [0.4, 0.5) is 0 Å². The number of ether oxygens (including phenoxy) is 3. The predicted octanol–water partition coefficient (Wildman–Crippen LogP) is 17.5. The van der Waals surface area contributed by atoms with Gasteiger partial charge in [0.1, 0.15) is 13.2 Å².